The highest BCUT2D eigenvalue weighted by Gasteiger charge is 2.17. The minimum Gasteiger partial charge on any atom is -0.339 e. The van der Waals surface area contributed by atoms with Crippen molar-refractivity contribution in [3.05, 3.63) is 53.5 Å². The molecule has 2 aromatic heterocycles. The van der Waals surface area contributed by atoms with E-state index in [4.69, 9.17) is 0 Å². The van der Waals surface area contributed by atoms with Gasteiger partial charge in [0.25, 0.3) is 0 Å². The van der Waals surface area contributed by atoms with Crippen molar-refractivity contribution in [1.29, 1.82) is 0 Å². The lowest BCUT2D eigenvalue weighted by Crippen LogP contribution is -2.12. The summed E-state index contributed by atoms with van der Waals surface area (Å²) in [7, 11) is 0. The number of anilines is 1. The van der Waals surface area contributed by atoms with E-state index in [1.807, 2.05) is 30.3 Å². The summed E-state index contributed by atoms with van der Waals surface area (Å²) in [4.78, 5) is 20.4. The molecule has 0 unspecified atom stereocenters. The van der Waals surface area contributed by atoms with Gasteiger partial charge in [0.15, 0.2) is 11.6 Å². The van der Waals surface area contributed by atoms with Crippen LogP contribution in [0.5, 0.6) is 0 Å². The third-order valence-electron chi connectivity index (χ3n) is 3.59. The number of Topliss-reactive ketones (excluding diaryl/α,β-unsaturated/α-hetero) is 1. The third-order valence-corrected chi connectivity index (χ3v) is 4.40. The Labute approximate surface area is 130 Å². The summed E-state index contributed by atoms with van der Waals surface area (Å²) in [5.74, 6) is 0.775. The van der Waals surface area contributed by atoms with Gasteiger partial charge in [0.2, 0.25) is 0 Å². The zero-order valence-electron chi connectivity index (χ0n) is 11.8. The largest absolute Gasteiger partial charge is 0.339 e. The third kappa shape index (κ3) is 2.08. The number of hydrogen-bond acceptors (Lipinski definition) is 6. The Morgan fingerprint density at radius 1 is 1.32 bits per heavy atom. The SMILES string of the molecule is CC(=O)c1nsc2cc(NC3=NCc4cccnc43)ccc12. The molecule has 4 rings (SSSR count). The molecule has 0 saturated heterocycles. The van der Waals surface area contributed by atoms with Gasteiger partial charge in [-0.2, -0.15) is 4.37 Å². The quantitative estimate of drug-likeness (QED) is 0.738. The van der Waals surface area contributed by atoms with Crippen LogP contribution in [0.1, 0.15) is 28.7 Å². The summed E-state index contributed by atoms with van der Waals surface area (Å²) in [6, 6.07) is 9.80. The van der Waals surface area contributed by atoms with Gasteiger partial charge in [-0.1, -0.05) is 6.07 Å². The highest BCUT2D eigenvalue weighted by atomic mass is 32.1. The van der Waals surface area contributed by atoms with Crippen LogP contribution in [0.15, 0.2) is 41.5 Å². The zero-order valence-corrected chi connectivity index (χ0v) is 12.6. The fourth-order valence-corrected chi connectivity index (χ4v) is 3.38. The molecule has 0 atom stereocenters. The van der Waals surface area contributed by atoms with Gasteiger partial charge >= 0.3 is 0 Å². The number of amidine groups is 1. The number of hydrogen-bond donors (Lipinski definition) is 1. The molecule has 0 saturated carbocycles. The lowest BCUT2D eigenvalue weighted by Gasteiger charge is -2.06. The number of benzene rings is 1. The number of aromatic nitrogens is 2. The number of aliphatic imine (C=N–C) groups is 1. The van der Waals surface area contributed by atoms with Gasteiger partial charge in [0.05, 0.1) is 11.2 Å². The molecule has 0 spiro atoms. The second-order valence-electron chi connectivity index (χ2n) is 5.10. The predicted octanol–water partition coefficient (Wildman–Crippen LogP) is 3.27. The first kappa shape index (κ1) is 13.1. The smallest absolute Gasteiger partial charge is 0.179 e. The standard InChI is InChI=1S/C16H12N4OS/c1-9(21)14-12-5-4-11(7-13(12)22-20-14)19-16-15-10(8-18-16)3-2-6-17-15/h2-7H,8H2,1H3,(H,18,19). The van der Waals surface area contributed by atoms with Crippen LogP contribution in [-0.2, 0) is 6.54 Å². The Balaban J connectivity index is 1.67. The molecule has 6 heteroatoms. The Morgan fingerprint density at radius 3 is 3.09 bits per heavy atom. The van der Waals surface area contributed by atoms with Gasteiger partial charge in [-0.05, 0) is 35.8 Å². The average Bonchev–Trinajstić information content (AvgIpc) is 3.11. The highest BCUT2D eigenvalue weighted by Crippen LogP contribution is 2.27. The molecule has 1 aliphatic heterocycles. The second kappa shape index (κ2) is 4.99. The van der Waals surface area contributed by atoms with Crippen LogP contribution in [0.3, 0.4) is 0 Å². The van der Waals surface area contributed by atoms with Crippen LogP contribution >= 0.6 is 11.5 Å². The highest BCUT2D eigenvalue weighted by molar-refractivity contribution is 7.13. The van der Waals surface area contributed by atoms with Crippen molar-refractivity contribution in [1.82, 2.24) is 9.36 Å². The van der Waals surface area contributed by atoms with Crippen LogP contribution in [0.2, 0.25) is 0 Å². The van der Waals surface area contributed by atoms with Crippen molar-refractivity contribution in [2.45, 2.75) is 13.5 Å². The fraction of sp³-hybridized carbons (Fsp3) is 0.125. The molecule has 0 aliphatic carbocycles. The molecule has 0 bridgehead atoms. The van der Waals surface area contributed by atoms with Crippen LogP contribution in [0.25, 0.3) is 10.1 Å². The molecule has 0 fully saturated rings. The van der Waals surface area contributed by atoms with Gasteiger partial charge in [-0.15, -0.1) is 0 Å². The molecule has 1 aliphatic rings. The first-order valence-electron chi connectivity index (χ1n) is 6.88. The molecule has 1 aromatic carbocycles. The Kier molecular flexibility index (Phi) is 2.97. The van der Waals surface area contributed by atoms with E-state index in [9.17, 15) is 4.79 Å². The summed E-state index contributed by atoms with van der Waals surface area (Å²) in [5.41, 5.74) is 3.49. The van der Waals surface area contributed by atoms with Crippen LogP contribution in [0.4, 0.5) is 5.69 Å². The normalized spacial score (nSPS) is 13.0. The number of ketones is 1. The number of pyridine rings is 1. The number of nitrogens with one attached hydrogen (secondary N) is 1. The summed E-state index contributed by atoms with van der Waals surface area (Å²) in [5, 5.41) is 4.21. The van der Waals surface area contributed by atoms with Crippen molar-refractivity contribution in [3.8, 4) is 0 Å². The van der Waals surface area contributed by atoms with Gasteiger partial charge in [0, 0.05) is 29.8 Å². The van der Waals surface area contributed by atoms with Crippen LogP contribution in [0, 0.1) is 0 Å². The number of carbonyl (C=O) groups is 1. The van der Waals surface area contributed by atoms with Crippen molar-refractivity contribution >= 4 is 38.9 Å². The summed E-state index contributed by atoms with van der Waals surface area (Å²) >= 11 is 1.33. The molecule has 22 heavy (non-hydrogen) atoms. The van der Waals surface area contributed by atoms with E-state index in [2.05, 4.69) is 19.7 Å². The molecular formula is C16H12N4OS. The van der Waals surface area contributed by atoms with Crippen LogP contribution in [-0.4, -0.2) is 21.0 Å². The van der Waals surface area contributed by atoms with Gasteiger partial charge < -0.3 is 5.32 Å². The van der Waals surface area contributed by atoms with E-state index >= 15 is 0 Å². The van der Waals surface area contributed by atoms with Crippen LogP contribution < -0.4 is 5.32 Å². The lowest BCUT2D eigenvalue weighted by molar-refractivity contribution is 0.101. The molecule has 5 nitrogen and oxygen atoms in total. The topological polar surface area (TPSA) is 67.2 Å². The molecule has 1 N–H and O–H groups in total. The van der Waals surface area contributed by atoms with E-state index in [1.165, 1.54) is 18.5 Å². The zero-order chi connectivity index (χ0) is 15.1. The maximum atomic E-state index is 11.5. The minimum absolute atomic E-state index is 0.00902. The van der Waals surface area contributed by atoms with Crippen molar-refractivity contribution < 1.29 is 4.79 Å². The second-order valence-corrected chi connectivity index (χ2v) is 5.90. The number of rotatable bonds is 2. The number of nitrogens with zero attached hydrogens (tertiary/aromatic N) is 3. The monoisotopic (exact) mass is 308 g/mol. The Bertz CT molecular complexity index is 929. The van der Waals surface area contributed by atoms with Crippen molar-refractivity contribution in [3.63, 3.8) is 0 Å². The van der Waals surface area contributed by atoms with E-state index < -0.39 is 0 Å². The Morgan fingerprint density at radius 2 is 2.23 bits per heavy atom. The predicted molar refractivity (Wildman–Crippen MR) is 87.7 cm³/mol. The molecular weight excluding hydrogens is 296 g/mol. The maximum Gasteiger partial charge on any atom is 0.179 e. The summed E-state index contributed by atoms with van der Waals surface area (Å²) in [6.45, 7) is 2.19. The lowest BCUT2D eigenvalue weighted by atomic mass is 10.1. The van der Waals surface area contributed by atoms with E-state index in [0.29, 0.717) is 12.2 Å². The maximum absolute atomic E-state index is 11.5. The first-order valence-corrected chi connectivity index (χ1v) is 7.66. The Hall–Kier alpha value is -2.60. The fourth-order valence-electron chi connectivity index (χ4n) is 2.52. The minimum atomic E-state index is -0.00902. The summed E-state index contributed by atoms with van der Waals surface area (Å²) < 4.78 is 5.21. The average molecular weight is 308 g/mol. The molecule has 3 heterocycles. The van der Waals surface area contributed by atoms with E-state index in [0.717, 1.165) is 32.9 Å². The number of fused-ring (bicyclic) bond motifs is 2. The molecule has 3 aromatic rings. The van der Waals surface area contributed by atoms with Crippen molar-refractivity contribution in [2.75, 3.05) is 5.32 Å². The van der Waals surface area contributed by atoms with E-state index in [-0.39, 0.29) is 5.78 Å². The van der Waals surface area contributed by atoms with Crippen molar-refractivity contribution in [2.24, 2.45) is 4.99 Å². The van der Waals surface area contributed by atoms with E-state index in [1.54, 1.807) is 6.20 Å². The summed E-state index contributed by atoms with van der Waals surface area (Å²) in [6.07, 6.45) is 1.77. The van der Waals surface area contributed by atoms with Gasteiger partial charge in [-0.25, -0.2) is 0 Å². The molecule has 108 valence electrons. The van der Waals surface area contributed by atoms with Gasteiger partial charge in [0.1, 0.15) is 11.4 Å². The number of carbonyl (C=O) groups excluding carboxylic acids is 1. The molecule has 0 amide bonds. The van der Waals surface area contributed by atoms with Gasteiger partial charge in [-0.3, -0.25) is 14.8 Å². The molecule has 0 radical (unpaired) electrons. The first-order chi connectivity index (χ1) is 10.7.